The van der Waals surface area contributed by atoms with Crippen LogP contribution >= 0.6 is 0 Å². The molecule has 3 aromatic carbocycles. The van der Waals surface area contributed by atoms with E-state index in [-0.39, 0.29) is 17.2 Å². The molecule has 126 valence electrons. The van der Waals surface area contributed by atoms with Gasteiger partial charge < -0.3 is 5.32 Å². The molecule has 4 aromatic rings. The predicted octanol–water partition coefficient (Wildman–Crippen LogP) is 3.64. The van der Waals surface area contributed by atoms with Gasteiger partial charge in [-0.15, -0.1) is 0 Å². The van der Waals surface area contributed by atoms with Gasteiger partial charge in [-0.3, -0.25) is 9.59 Å². The number of hydrogen-bond donors (Lipinski definition) is 1. The number of benzene rings is 3. The minimum atomic E-state index is -0.364. The van der Waals surface area contributed by atoms with Crippen LogP contribution in [0.2, 0.25) is 0 Å². The Morgan fingerprint density at radius 2 is 1.35 bits per heavy atom. The molecular weight excluding hydrogens is 326 g/mol. The second kappa shape index (κ2) is 6.64. The van der Waals surface area contributed by atoms with Crippen LogP contribution in [0.15, 0.2) is 89.7 Å². The van der Waals surface area contributed by atoms with E-state index in [0.717, 1.165) is 0 Å². The van der Waals surface area contributed by atoms with Crippen molar-refractivity contribution in [2.24, 2.45) is 0 Å². The molecule has 0 atom stereocenters. The fourth-order valence-electron chi connectivity index (χ4n) is 2.81. The number of amides is 1. The molecule has 0 aliphatic rings. The zero-order valence-electron chi connectivity index (χ0n) is 13.8. The van der Waals surface area contributed by atoms with E-state index in [1.807, 2.05) is 36.4 Å². The van der Waals surface area contributed by atoms with Crippen LogP contribution in [0.25, 0.3) is 16.5 Å². The van der Waals surface area contributed by atoms with Crippen molar-refractivity contribution in [2.45, 2.75) is 0 Å². The van der Waals surface area contributed by atoms with Crippen LogP contribution in [-0.2, 0) is 0 Å². The van der Waals surface area contributed by atoms with Crippen molar-refractivity contribution in [1.29, 1.82) is 0 Å². The van der Waals surface area contributed by atoms with Crippen molar-refractivity contribution < 1.29 is 4.79 Å². The van der Waals surface area contributed by atoms with Gasteiger partial charge in [-0.2, -0.15) is 9.78 Å². The van der Waals surface area contributed by atoms with Gasteiger partial charge in [0.1, 0.15) is 0 Å². The van der Waals surface area contributed by atoms with E-state index in [0.29, 0.717) is 22.1 Å². The number of para-hydroxylation sites is 2. The maximum absolute atomic E-state index is 12.8. The largest absolute Gasteiger partial charge is 0.321 e. The lowest BCUT2D eigenvalue weighted by molar-refractivity contribution is 0.102. The molecule has 0 unspecified atom stereocenters. The van der Waals surface area contributed by atoms with E-state index in [2.05, 4.69) is 10.4 Å². The van der Waals surface area contributed by atoms with Crippen molar-refractivity contribution in [2.75, 3.05) is 5.32 Å². The van der Waals surface area contributed by atoms with Crippen LogP contribution in [0.5, 0.6) is 0 Å². The molecule has 1 N–H and O–H groups in total. The first-order chi connectivity index (χ1) is 12.7. The lowest BCUT2D eigenvalue weighted by Gasteiger charge is -2.11. The summed E-state index contributed by atoms with van der Waals surface area (Å²) < 4.78 is 1.27. The summed E-state index contributed by atoms with van der Waals surface area (Å²) in [5.74, 6) is -0.364. The Labute approximate surface area is 149 Å². The van der Waals surface area contributed by atoms with Gasteiger partial charge in [0, 0.05) is 11.1 Å². The summed E-state index contributed by atoms with van der Waals surface area (Å²) in [4.78, 5) is 25.7. The minimum Gasteiger partial charge on any atom is -0.321 e. The van der Waals surface area contributed by atoms with Gasteiger partial charge in [0.25, 0.3) is 11.5 Å². The number of aromatic nitrogens is 2. The number of carbonyl (C=O) groups excluding carboxylic acids is 1. The van der Waals surface area contributed by atoms with Crippen LogP contribution < -0.4 is 10.9 Å². The van der Waals surface area contributed by atoms with E-state index in [4.69, 9.17) is 0 Å². The zero-order valence-corrected chi connectivity index (χ0v) is 13.8. The molecule has 1 aromatic heterocycles. The van der Waals surface area contributed by atoms with E-state index in [1.54, 1.807) is 48.5 Å². The third kappa shape index (κ3) is 2.86. The first kappa shape index (κ1) is 15.8. The van der Waals surface area contributed by atoms with Gasteiger partial charge in [-0.25, -0.2) is 0 Å². The summed E-state index contributed by atoms with van der Waals surface area (Å²) in [5, 5.41) is 8.17. The van der Waals surface area contributed by atoms with E-state index >= 15 is 0 Å². The van der Waals surface area contributed by atoms with E-state index in [1.165, 1.54) is 4.68 Å². The molecule has 0 bridgehead atoms. The molecule has 1 amide bonds. The quantitative estimate of drug-likeness (QED) is 0.619. The Kier molecular flexibility index (Phi) is 4.03. The summed E-state index contributed by atoms with van der Waals surface area (Å²) in [6.07, 6.45) is 0. The van der Waals surface area contributed by atoms with Gasteiger partial charge in [0.15, 0.2) is 5.69 Å². The van der Waals surface area contributed by atoms with E-state index < -0.39 is 0 Å². The normalized spacial score (nSPS) is 10.6. The first-order valence-corrected chi connectivity index (χ1v) is 8.18. The highest BCUT2D eigenvalue weighted by Crippen LogP contribution is 2.17. The van der Waals surface area contributed by atoms with Crippen molar-refractivity contribution in [3.63, 3.8) is 0 Å². The third-order valence-corrected chi connectivity index (χ3v) is 4.05. The smallest absolute Gasteiger partial charge is 0.279 e. The fourth-order valence-corrected chi connectivity index (χ4v) is 2.81. The lowest BCUT2D eigenvalue weighted by Crippen LogP contribution is -2.26. The summed E-state index contributed by atoms with van der Waals surface area (Å²) in [5.41, 5.74) is 1.22. The molecule has 0 aliphatic heterocycles. The number of anilines is 1. The minimum absolute atomic E-state index is 0.202. The van der Waals surface area contributed by atoms with Crippen LogP contribution in [0.4, 0.5) is 5.69 Å². The predicted molar refractivity (Wildman–Crippen MR) is 102 cm³/mol. The average Bonchev–Trinajstić information content (AvgIpc) is 2.70. The van der Waals surface area contributed by atoms with Gasteiger partial charge >= 0.3 is 0 Å². The Bertz CT molecular complexity index is 1140. The highest BCUT2D eigenvalue weighted by molar-refractivity contribution is 6.11. The average molecular weight is 341 g/mol. The molecule has 4 rings (SSSR count). The summed E-state index contributed by atoms with van der Waals surface area (Å²) in [6.45, 7) is 0. The van der Waals surface area contributed by atoms with Gasteiger partial charge in [-0.05, 0) is 30.3 Å². The summed E-state index contributed by atoms with van der Waals surface area (Å²) >= 11 is 0. The summed E-state index contributed by atoms with van der Waals surface area (Å²) in [7, 11) is 0. The van der Waals surface area contributed by atoms with Crippen molar-refractivity contribution >= 4 is 22.4 Å². The lowest BCUT2D eigenvalue weighted by atomic mass is 10.1. The Morgan fingerprint density at radius 3 is 2.04 bits per heavy atom. The maximum atomic E-state index is 12.8. The SMILES string of the molecule is O=C(Nc1ccccc1)c1nn(-c2ccccc2)c(=O)c2ccccc12. The van der Waals surface area contributed by atoms with Crippen LogP contribution in [-0.4, -0.2) is 15.7 Å². The highest BCUT2D eigenvalue weighted by Gasteiger charge is 2.17. The Balaban J connectivity index is 1.90. The van der Waals surface area contributed by atoms with Gasteiger partial charge in [-0.1, -0.05) is 54.6 Å². The first-order valence-electron chi connectivity index (χ1n) is 8.18. The number of nitrogens with one attached hydrogen (secondary N) is 1. The molecule has 0 saturated carbocycles. The molecule has 5 nitrogen and oxygen atoms in total. The summed E-state index contributed by atoms with van der Waals surface area (Å²) in [6, 6.07) is 25.2. The Hall–Kier alpha value is -3.73. The highest BCUT2D eigenvalue weighted by atomic mass is 16.2. The monoisotopic (exact) mass is 341 g/mol. The number of fused-ring (bicyclic) bond motifs is 1. The second-order valence-electron chi connectivity index (χ2n) is 5.77. The molecule has 5 heteroatoms. The number of nitrogens with zero attached hydrogens (tertiary/aromatic N) is 2. The third-order valence-electron chi connectivity index (χ3n) is 4.05. The topological polar surface area (TPSA) is 64.0 Å². The van der Waals surface area contributed by atoms with Crippen LogP contribution in [0.3, 0.4) is 0 Å². The van der Waals surface area contributed by atoms with Crippen molar-refractivity contribution in [3.05, 3.63) is 101 Å². The van der Waals surface area contributed by atoms with Crippen LogP contribution in [0.1, 0.15) is 10.5 Å². The van der Waals surface area contributed by atoms with Gasteiger partial charge in [0.05, 0.1) is 11.1 Å². The van der Waals surface area contributed by atoms with Crippen molar-refractivity contribution in [3.8, 4) is 5.69 Å². The second-order valence-corrected chi connectivity index (χ2v) is 5.77. The number of rotatable bonds is 3. The molecular formula is C21H15N3O2. The molecule has 0 aliphatic carbocycles. The molecule has 0 radical (unpaired) electrons. The molecule has 1 heterocycles. The molecule has 0 saturated heterocycles. The van der Waals surface area contributed by atoms with E-state index in [9.17, 15) is 9.59 Å². The van der Waals surface area contributed by atoms with Crippen LogP contribution in [0, 0.1) is 0 Å². The molecule has 0 fully saturated rings. The Morgan fingerprint density at radius 1 is 0.769 bits per heavy atom. The fraction of sp³-hybridized carbons (Fsp3) is 0. The van der Waals surface area contributed by atoms with Crippen molar-refractivity contribution in [1.82, 2.24) is 9.78 Å². The number of hydrogen-bond acceptors (Lipinski definition) is 3. The maximum Gasteiger partial charge on any atom is 0.279 e. The zero-order chi connectivity index (χ0) is 17.9. The number of carbonyl (C=O) groups is 1. The standard InChI is InChI=1S/C21H15N3O2/c25-20(22-15-9-3-1-4-10-15)19-17-13-7-8-14-18(17)21(26)24(23-19)16-11-5-2-6-12-16/h1-14H,(H,22,25). The molecule has 26 heavy (non-hydrogen) atoms. The molecule has 0 spiro atoms. The van der Waals surface area contributed by atoms with Gasteiger partial charge in [0.2, 0.25) is 0 Å².